The lowest BCUT2D eigenvalue weighted by molar-refractivity contribution is 0.558. The molecule has 0 aliphatic rings. The molecule has 0 saturated heterocycles. The summed E-state index contributed by atoms with van der Waals surface area (Å²) in [7, 11) is 0. The van der Waals surface area contributed by atoms with Crippen molar-refractivity contribution in [3.63, 3.8) is 0 Å². The van der Waals surface area contributed by atoms with Gasteiger partial charge in [0, 0.05) is 5.56 Å². The highest BCUT2D eigenvalue weighted by atomic mass is 16.1. The second-order valence-electron chi connectivity index (χ2n) is 4.69. The molecule has 0 aromatic heterocycles. The van der Waals surface area contributed by atoms with Gasteiger partial charge in [-0.1, -0.05) is 18.9 Å². The van der Waals surface area contributed by atoms with Crippen LogP contribution in [0.1, 0.15) is 31.2 Å². The fourth-order valence-electron chi connectivity index (χ4n) is 1.78. The number of nitrogens with zero attached hydrogens (tertiary/aromatic N) is 4. The van der Waals surface area contributed by atoms with Crippen LogP contribution in [0.15, 0.2) is 38.2 Å². The van der Waals surface area contributed by atoms with Crippen LogP contribution in [0.4, 0.5) is 11.4 Å². The van der Waals surface area contributed by atoms with E-state index in [-0.39, 0.29) is 0 Å². The monoisotopic (exact) mass is 342 g/mol. The molecular formula is C17H18N4O4. The van der Waals surface area contributed by atoms with E-state index in [2.05, 4.69) is 20.0 Å². The van der Waals surface area contributed by atoms with Gasteiger partial charge in [-0.3, -0.25) is 0 Å². The number of carbonyl (C=O) groups excluding carboxylic acids is 4. The van der Waals surface area contributed by atoms with Crippen LogP contribution in [0.2, 0.25) is 0 Å². The minimum absolute atomic E-state index is 0.464. The molecule has 0 fully saturated rings. The number of isocyanates is 4. The standard InChI is InChI=1S/C9H6N2O2.C8H12N2O2/c1-7-8(10-5-12)3-2-4-9(7)11-6-13;11-7-9-5-3-1-2-4-6-10-8-12/h2-4H,1H3;1-6H2. The lowest BCUT2D eigenvalue weighted by Crippen LogP contribution is -1.84. The lowest BCUT2D eigenvalue weighted by Gasteiger charge is -1.99. The van der Waals surface area contributed by atoms with Crippen molar-refractivity contribution in [2.45, 2.75) is 32.6 Å². The van der Waals surface area contributed by atoms with Gasteiger partial charge in [0.2, 0.25) is 24.3 Å². The van der Waals surface area contributed by atoms with Crippen molar-refractivity contribution in [2.75, 3.05) is 13.1 Å². The van der Waals surface area contributed by atoms with Crippen molar-refractivity contribution in [3.05, 3.63) is 23.8 Å². The van der Waals surface area contributed by atoms with Gasteiger partial charge >= 0.3 is 0 Å². The molecule has 8 heteroatoms. The summed E-state index contributed by atoms with van der Waals surface area (Å²) >= 11 is 0. The summed E-state index contributed by atoms with van der Waals surface area (Å²) in [6.45, 7) is 2.83. The molecule has 0 spiro atoms. The molecule has 0 bridgehead atoms. The molecule has 25 heavy (non-hydrogen) atoms. The van der Waals surface area contributed by atoms with Crippen LogP contribution < -0.4 is 0 Å². The molecular weight excluding hydrogens is 324 g/mol. The first-order valence-corrected chi connectivity index (χ1v) is 7.53. The van der Waals surface area contributed by atoms with Crippen LogP contribution in [0.3, 0.4) is 0 Å². The van der Waals surface area contributed by atoms with E-state index in [9.17, 15) is 19.2 Å². The first-order chi connectivity index (χ1) is 12.2. The fourth-order valence-corrected chi connectivity index (χ4v) is 1.78. The number of unbranched alkanes of at least 4 members (excludes halogenated alkanes) is 3. The molecule has 0 atom stereocenters. The third-order valence-electron chi connectivity index (χ3n) is 3.03. The van der Waals surface area contributed by atoms with Gasteiger partial charge in [-0.25, -0.2) is 29.2 Å². The number of hydrogen-bond donors (Lipinski definition) is 0. The zero-order valence-corrected chi connectivity index (χ0v) is 13.9. The van der Waals surface area contributed by atoms with Gasteiger partial charge in [0.05, 0.1) is 24.5 Å². The van der Waals surface area contributed by atoms with Gasteiger partial charge in [0.15, 0.2) is 0 Å². The van der Waals surface area contributed by atoms with Crippen LogP contribution in [0.5, 0.6) is 0 Å². The highest BCUT2D eigenvalue weighted by Crippen LogP contribution is 2.26. The molecule has 0 aliphatic heterocycles. The van der Waals surface area contributed by atoms with E-state index in [1.807, 2.05) is 0 Å². The van der Waals surface area contributed by atoms with E-state index >= 15 is 0 Å². The Bertz CT molecular complexity index is 664. The van der Waals surface area contributed by atoms with Crippen molar-refractivity contribution in [1.29, 1.82) is 0 Å². The Labute approximate surface area is 145 Å². The van der Waals surface area contributed by atoms with Gasteiger partial charge < -0.3 is 0 Å². The second-order valence-corrected chi connectivity index (χ2v) is 4.69. The summed E-state index contributed by atoms with van der Waals surface area (Å²) in [4.78, 5) is 53.0. The molecule has 0 radical (unpaired) electrons. The Morgan fingerprint density at radius 1 is 0.720 bits per heavy atom. The van der Waals surface area contributed by atoms with Crippen molar-refractivity contribution in [3.8, 4) is 0 Å². The third kappa shape index (κ3) is 11.0. The second kappa shape index (κ2) is 15.6. The predicted octanol–water partition coefficient (Wildman–Crippen LogP) is 3.15. The van der Waals surface area contributed by atoms with E-state index in [0.29, 0.717) is 30.0 Å². The van der Waals surface area contributed by atoms with Crippen molar-refractivity contribution in [1.82, 2.24) is 0 Å². The average molecular weight is 342 g/mol. The van der Waals surface area contributed by atoms with Gasteiger partial charge in [0.1, 0.15) is 0 Å². The number of hydrogen-bond acceptors (Lipinski definition) is 8. The molecule has 0 amide bonds. The summed E-state index contributed by atoms with van der Waals surface area (Å²) in [6.07, 6.45) is 9.66. The highest BCUT2D eigenvalue weighted by molar-refractivity contribution is 5.64. The third-order valence-corrected chi connectivity index (χ3v) is 3.03. The Hall–Kier alpha value is -3.26. The smallest absolute Gasteiger partial charge is 0.211 e. The summed E-state index contributed by atoms with van der Waals surface area (Å²) in [6, 6.07) is 4.94. The Balaban J connectivity index is 0.000000463. The quantitative estimate of drug-likeness (QED) is 0.389. The number of benzene rings is 1. The normalized spacial score (nSPS) is 8.36. The predicted molar refractivity (Wildman–Crippen MR) is 91.2 cm³/mol. The minimum atomic E-state index is 0.464. The molecule has 1 rings (SSSR count). The first-order valence-electron chi connectivity index (χ1n) is 7.53. The molecule has 0 heterocycles. The van der Waals surface area contributed by atoms with Crippen LogP contribution in [0, 0.1) is 6.92 Å². The highest BCUT2D eigenvalue weighted by Gasteiger charge is 2.00. The van der Waals surface area contributed by atoms with Crippen LogP contribution in [-0.2, 0) is 19.2 Å². The van der Waals surface area contributed by atoms with E-state index in [1.165, 1.54) is 24.3 Å². The Morgan fingerprint density at radius 2 is 1.16 bits per heavy atom. The van der Waals surface area contributed by atoms with Gasteiger partial charge in [-0.2, -0.15) is 9.98 Å². The molecule has 0 saturated carbocycles. The lowest BCUT2D eigenvalue weighted by atomic mass is 10.1. The zero-order chi connectivity index (χ0) is 18.8. The van der Waals surface area contributed by atoms with Crippen molar-refractivity contribution < 1.29 is 19.2 Å². The maximum Gasteiger partial charge on any atom is 0.240 e. The molecule has 8 nitrogen and oxygen atoms in total. The molecule has 0 N–H and O–H groups in total. The van der Waals surface area contributed by atoms with E-state index in [4.69, 9.17) is 0 Å². The fraction of sp³-hybridized carbons (Fsp3) is 0.412. The summed E-state index contributed by atoms with van der Waals surface area (Å²) in [5, 5.41) is 0. The van der Waals surface area contributed by atoms with Crippen LogP contribution >= 0.6 is 0 Å². The number of rotatable bonds is 9. The average Bonchev–Trinajstić information content (AvgIpc) is 2.62. The van der Waals surface area contributed by atoms with Gasteiger partial charge in [-0.05, 0) is 31.9 Å². The van der Waals surface area contributed by atoms with Gasteiger partial charge in [-0.15, -0.1) is 0 Å². The largest absolute Gasteiger partial charge is 0.240 e. The molecule has 0 aliphatic carbocycles. The summed E-state index contributed by atoms with van der Waals surface area (Å²) < 4.78 is 0. The minimum Gasteiger partial charge on any atom is -0.211 e. The van der Waals surface area contributed by atoms with Gasteiger partial charge in [0.25, 0.3) is 0 Å². The summed E-state index contributed by atoms with van der Waals surface area (Å²) in [5.74, 6) is 0. The van der Waals surface area contributed by atoms with Crippen LogP contribution in [0.25, 0.3) is 0 Å². The molecule has 1 aromatic carbocycles. The van der Waals surface area contributed by atoms with Crippen LogP contribution in [-0.4, -0.2) is 37.4 Å². The van der Waals surface area contributed by atoms with E-state index in [0.717, 1.165) is 25.7 Å². The molecule has 1 aromatic rings. The van der Waals surface area contributed by atoms with E-state index in [1.54, 1.807) is 25.1 Å². The Kier molecular flexibility index (Phi) is 13.6. The van der Waals surface area contributed by atoms with E-state index < -0.39 is 0 Å². The number of aliphatic imine (C=N–C) groups is 4. The maximum absolute atomic E-state index is 10.00. The first kappa shape index (κ1) is 21.7. The summed E-state index contributed by atoms with van der Waals surface area (Å²) in [5.41, 5.74) is 1.59. The SMILES string of the molecule is Cc1c(N=C=O)cccc1N=C=O.O=C=NCCCCCCN=C=O. The Morgan fingerprint density at radius 3 is 1.52 bits per heavy atom. The topological polar surface area (TPSA) is 118 Å². The van der Waals surface area contributed by atoms with Crippen molar-refractivity contribution in [2.24, 2.45) is 20.0 Å². The maximum atomic E-state index is 10.00. The molecule has 130 valence electrons. The van der Waals surface area contributed by atoms with Crippen molar-refractivity contribution >= 4 is 35.7 Å². The zero-order valence-electron chi connectivity index (χ0n) is 13.9. The molecule has 0 unspecified atom stereocenters.